The molecule has 0 aromatic rings. The van der Waals surface area contributed by atoms with Crippen molar-refractivity contribution in [3.8, 4) is 0 Å². The minimum absolute atomic E-state index is 0.362. The third-order valence-corrected chi connectivity index (χ3v) is 2.87. The maximum atomic E-state index is 8.96. The lowest BCUT2D eigenvalue weighted by Crippen LogP contribution is -2.23. The van der Waals surface area contributed by atoms with Crippen LogP contribution in [0.3, 0.4) is 0 Å². The Labute approximate surface area is 61.2 Å². The van der Waals surface area contributed by atoms with E-state index < -0.39 is 0 Å². The summed E-state index contributed by atoms with van der Waals surface area (Å²) in [5.41, 5.74) is 0. The molecular weight excluding hydrogens is 128 g/mol. The zero-order valence-corrected chi connectivity index (χ0v) is 6.12. The molecule has 0 aromatic carbocycles. The molecule has 2 bridgehead atoms. The van der Waals surface area contributed by atoms with Gasteiger partial charge in [0.25, 0.3) is 0 Å². The SMILES string of the molecule is OCC1CCC2CC1CO2. The molecule has 2 rings (SSSR count). The third-order valence-electron chi connectivity index (χ3n) is 2.87. The highest BCUT2D eigenvalue weighted by molar-refractivity contribution is 4.84. The first-order valence-corrected chi connectivity index (χ1v) is 4.12. The molecule has 0 aromatic heterocycles. The fourth-order valence-electron chi connectivity index (χ4n) is 2.14. The van der Waals surface area contributed by atoms with Crippen LogP contribution in [0.1, 0.15) is 19.3 Å². The fraction of sp³-hybridized carbons (Fsp3) is 1.00. The van der Waals surface area contributed by atoms with Crippen LogP contribution in [0.2, 0.25) is 0 Å². The van der Waals surface area contributed by atoms with Crippen molar-refractivity contribution in [3.05, 3.63) is 0 Å². The molecule has 1 N–H and O–H groups in total. The monoisotopic (exact) mass is 142 g/mol. The lowest BCUT2D eigenvalue weighted by molar-refractivity contribution is 0.106. The number of aliphatic hydroxyl groups excluding tert-OH is 1. The maximum absolute atomic E-state index is 8.96. The van der Waals surface area contributed by atoms with E-state index in [4.69, 9.17) is 9.84 Å². The molecule has 58 valence electrons. The van der Waals surface area contributed by atoms with E-state index in [1.54, 1.807) is 0 Å². The summed E-state index contributed by atoms with van der Waals surface area (Å²) in [5, 5.41) is 8.96. The van der Waals surface area contributed by atoms with Gasteiger partial charge in [0, 0.05) is 6.61 Å². The summed E-state index contributed by atoms with van der Waals surface area (Å²) in [6.07, 6.45) is 4.08. The Bertz CT molecular complexity index is 124. The predicted octanol–water partition coefficient (Wildman–Crippen LogP) is 0.794. The van der Waals surface area contributed by atoms with Gasteiger partial charge in [-0.2, -0.15) is 0 Å². The average molecular weight is 142 g/mol. The molecule has 1 aliphatic heterocycles. The first-order chi connectivity index (χ1) is 4.90. The summed E-state index contributed by atoms with van der Waals surface area (Å²) in [6.45, 7) is 1.26. The molecule has 1 aliphatic carbocycles. The Hall–Kier alpha value is -0.0800. The second kappa shape index (κ2) is 2.51. The second-order valence-electron chi connectivity index (χ2n) is 3.47. The second-order valence-corrected chi connectivity index (χ2v) is 3.47. The van der Waals surface area contributed by atoms with Crippen molar-refractivity contribution in [1.82, 2.24) is 0 Å². The smallest absolute Gasteiger partial charge is 0.0579 e. The van der Waals surface area contributed by atoms with Crippen molar-refractivity contribution >= 4 is 0 Å². The van der Waals surface area contributed by atoms with Crippen LogP contribution in [0.5, 0.6) is 0 Å². The minimum Gasteiger partial charge on any atom is -0.396 e. The van der Waals surface area contributed by atoms with Crippen LogP contribution in [0, 0.1) is 11.8 Å². The predicted molar refractivity (Wildman–Crippen MR) is 37.7 cm³/mol. The summed E-state index contributed by atoms with van der Waals surface area (Å²) >= 11 is 0. The van der Waals surface area contributed by atoms with Gasteiger partial charge in [0.15, 0.2) is 0 Å². The largest absolute Gasteiger partial charge is 0.396 e. The van der Waals surface area contributed by atoms with Gasteiger partial charge in [0.2, 0.25) is 0 Å². The molecule has 3 atom stereocenters. The Kier molecular flexibility index (Phi) is 1.66. The van der Waals surface area contributed by atoms with Gasteiger partial charge in [-0.25, -0.2) is 0 Å². The van der Waals surface area contributed by atoms with Crippen LogP contribution in [0.4, 0.5) is 0 Å². The lowest BCUT2D eigenvalue weighted by atomic mass is 9.81. The van der Waals surface area contributed by atoms with E-state index in [0.717, 1.165) is 6.61 Å². The first-order valence-electron chi connectivity index (χ1n) is 4.12. The van der Waals surface area contributed by atoms with E-state index in [9.17, 15) is 0 Å². The number of fused-ring (bicyclic) bond motifs is 2. The first kappa shape index (κ1) is 6.62. The number of rotatable bonds is 1. The molecule has 1 heterocycles. The number of aliphatic hydroxyl groups is 1. The molecule has 3 unspecified atom stereocenters. The zero-order chi connectivity index (χ0) is 6.97. The highest BCUT2D eigenvalue weighted by Crippen LogP contribution is 2.36. The molecule has 0 amide bonds. The van der Waals surface area contributed by atoms with Crippen molar-refractivity contribution in [3.63, 3.8) is 0 Å². The summed E-state index contributed by atoms with van der Waals surface area (Å²) < 4.78 is 5.50. The molecule has 10 heavy (non-hydrogen) atoms. The van der Waals surface area contributed by atoms with Gasteiger partial charge >= 0.3 is 0 Å². The van der Waals surface area contributed by atoms with Crippen molar-refractivity contribution in [2.75, 3.05) is 13.2 Å². The van der Waals surface area contributed by atoms with E-state index in [1.807, 2.05) is 0 Å². The molecule has 2 nitrogen and oxygen atoms in total. The fourth-order valence-corrected chi connectivity index (χ4v) is 2.14. The summed E-state index contributed by atoms with van der Waals surface area (Å²) in [4.78, 5) is 0. The normalized spacial score (nSPS) is 45.9. The van der Waals surface area contributed by atoms with Gasteiger partial charge in [-0.05, 0) is 31.1 Å². The Balaban J connectivity index is 2.00. The highest BCUT2D eigenvalue weighted by Gasteiger charge is 2.35. The van der Waals surface area contributed by atoms with Crippen LogP contribution >= 0.6 is 0 Å². The van der Waals surface area contributed by atoms with Gasteiger partial charge in [-0.3, -0.25) is 0 Å². The standard InChI is InChI=1S/C8H14O2/c9-4-6-1-2-8-3-7(6)5-10-8/h6-9H,1-5H2. The average Bonchev–Trinajstić information content (AvgIpc) is 2.34. The van der Waals surface area contributed by atoms with E-state index in [-0.39, 0.29) is 0 Å². The van der Waals surface area contributed by atoms with Gasteiger partial charge in [0.05, 0.1) is 12.7 Å². The molecule has 2 heteroatoms. The molecule has 2 fully saturated rings. The molecular formula is C8H14O2. The Morgan fingerprint density at radius 2 is 2.30 bits per heavy atom. The van der Waals surface area contributed by atoms with Crippen LogP contribution in [0.15, 0.2) is 0 Å². The Morgan fingerprint density at radius 1 is 1.40 bits per heavy atom. The van der Waals surface area contributed by atoms with Crippen molar-refractivity contribution in [2.45, 2.75) is 25.4 Å². The van der Waals surface area contributed by atoms with Gasteiger partial charge in [0.1, 0.15) is 0 Å². The van der Waals surface area contributed by atoms with Crippen molar-refractivity contribution in [1.29, 1.82) is 0 Å². The van der Waals surface area contributed by atoms with E-state index in [1.165, 1.54) is 19.3 Å². The molecule has 2 aliphatic rings. The van der Waals surface area contributed by atoms with Gasteiger partial charge < -0.3 is 9.84 Å². The van der Waals surface area contributed by atoms with Gasteiger partial charge in [-0.1, -0.05) is 0 Å². The lowest BCUT2D eigenvalue weighted by Gasteiger charge is -2.24. The van der Waals surface area contributed by atoms with Crippen LogP contribution < -0.4 is 0 Å². The summed E-state index contributed by atoms with van der Waals surface area (Å²) in [6, 6.07) is 0. The third kappa shape index (κ3) is 0.956. The van der Waals surface area contributed by atoms with Crippen molar-refractivity contribution in [2.24, 2.45) is 11.8 Å². The molecule has 1 saturated carbocycles. The summed E-state index contributed by atoms with van der Waals surface area (Å²) in [7, 11) is 0. The Morgan fingerprint density at radius 3 is 3.10 bits per heavy atom. The zero-order valence-electron chi connectivity index (χ0n) is 6.12. The van der Waals surface area contributed by atoms with E-state index in [2.05, 4.69) is 0 Å². The number of hydrogen-bond donors (Lipinski definition) is 1. The van der Waals surface area contributed by atoms with Gasteiger partial charge in [-0.15, -0.1) is 0 Å². The minimum atomic E-state index is 0.362. The molecule has 0 spiro atoms. The molecule has 0 radical (unpaired) electrons. The topological polar surface area (TPSA) is 29.5 Å². The number of ether oxygens (including phenoxy) is 1. The quantitative estimate of drug-likeness (QED) is 0.586. The van der Waals surface area contributed by atoms with Crippen LogP contribution in [-0.2, 0) is 4.74 Å². The van der Waals surface area contributed by atoms with E-state index in [0.29, 0.717) is 24.5 Å². The summed E-state index contributed by atoms with van der Waals surface area (Å²) in [5.74, 6) is 1.21. The van der Waals surface area contributed by atoms with E-state index >= 15 is 0 Å². The highest BCUT2D eigenvalue weighted by atomic mass is 16.5. The van der Waals surface area contributed by atoms with Crippen LogP contribution in [0.25, 0.3) is 0 Å². The van der Waals surface area contributed by atoms with Crippen LogP contribution in [-0.4, -0.2) is 24.4 Å². The maximum Gasteiger partial charge on any atom is 0.0579 e. The molecule has 1 saturated heterocycles. The number of hydrogen-bond acceptors (Lipinski definition) is 2. The van der Waals surface area contributed by atoms with Crippen molar-refractivity contribution < 1.29 is 9.84 Å².